The van der Waals surface area contributed by atoms with Crippen molar-refractivity contribution in [2.45, 2.75) is 38.7 Å². The number of carboxylic acid groups (broad SMARTS) is 1. The summed E-state index contributed by atoms with van der Waals surface area (Å²) in [6.07, 6.45) is 2.08. The molecule has 4 aromatic rings. The Morgan fingerprint density at radius 3 is 2.73 bits per heavy atom. The molecule has 9 heteroatoms. The summed E-state index contributed by atoms with van der Waals surface area (Å²) in [7, 11) is 0. The molecule has 1 saturated carbocycles. The highest BCUT2D eigenvalue weighted by Crippen LogP contribution is 2.45. The minimum absolute atomic E-state index is 0.0338. The van der Waals surface area contributed by atoms with Gasteiger partial charge >= 0.3 is 5.97 Å². The van der Waals surface area contributed by atoms with E-state index in [0.29, 0.717) is 27.9 Å². The summed E-state index contributed by atoms with van der Waals surface area (Å²) >= 11 is 6.52. The first-order chi connectivity index (χ1) is 17.9. The summed E-state index contributed by atoms with van der Waals surface area (Å²) in [4.78, 5) is 28.8. The summed E-state index contributed by atoms with van der Waals surface area (Å²) in [6, 6.07) is 13.3. The third-order valence-electron chi connectivity index (χ3n) is 6.57. The van der Waals surface area contributed by atoms with E-state index in [2.05, 4.69) is 10.1 Å². The van der Waals surface area contributed by atoms with Crippen LogP contribution in [0.15, 0.2) is 53.1 Å². The van der Waals surface area contributed by atoms with E-state index >= 15 is 0 Å². The molecule has 0 spiro atoms. The van der Waals surface area contributed by atoms with Crippen molar-refractivity contribution in [2.24, 2.45) is 0 Å². The lowest BCUT2D eigenvalue weighted by molar-refractivity contribution is 0.0696. The number of carboxylic acids is 1. The van der Waals surface area contributed by atoms with Gasteiger partial charge in [-0.1, -0.05) is 35.0 Å². The van der Waals surface area contributed by atoms with E-state index in [0.717, 1.165) is 35.3 Å². The first kappa shape index (κ1) is 23.2. The third-order valence-corrected chi connectivity index (χ3v) is 6.89. The molecule has 0 amide bonds. The second-order valence-electron chi connectivity index (χ2n) is 9.19. The van der Waals surface area contributed by atoms with E-state index in [1.165, 1.54) is 12.1 Å². The number of pyridine rings is 1. The Bertz CT molecular complexity index is 1550. The molecule has 0 saturated heterocycles. The van der Waals surface area contributed by atoms with Crippen molar-refractivity contribution in [2.75, 3.05) is 0 Å². The molecular weight excluding hydrogens is 496 g/mol. The Morgan fingerprint density at radius 2 is 1.97 bits per heavy atom. The van der Waals surface area contributed by atoms with Crippen LogP contribution < -0.4 is 9.47 Å². The van der Waals surface area contributed by atoms with Crippen LogP contribution in [0.25, 0.3) is 11.3 Å². The van der Waals surface area contributed by atoms with Crippen LogP contribution in [-0.2, 0) is 13.0 Å². The van der Waals surface area contributed by atoms with Crippen molar-refractivity contribution in [3.63, 3.8) is 0 Å². The standard InChI is InChI=1S/C28H21ClN2O6/c1-14-3-2-4-19(29)24(14)25-18(27(37-31-25)15-5-6-15)13-35-23-10-9-21-26(30-23)20(32)11-16-7-8-17(28(33)34)12-22(16)36-21/h2-4,7-10,12,15H,5-6,11,13H2,1H3,(H,33,34). The molecule has 0 bridgehead atoms. The Balaban J connectivity index is 1.30. The zero-order valence-electron chi connectivity index (χ0n) is 19.8. The number of hydrogen-bond acceptors (Lipinski definition) is 7. The minimum atomic E-state index is -1.07. The Morgan fingerprint density at radius 1 is 1.14 bits per heavy atom. The molecule has 2 aliphatic rings. The number of rotatable bonds is 6. The summed E-state index contributed by atoms with van der Waals surface area (Å²) in [5.74, 6) is 0.570. The molecule has 3 heterocycles. The number of benzene rings is 2. The fraction of sp³-hybridized carbons (Fsp3) is 0.214. The van der Waals surface area contributed by atoms with Crippen LogP contribution >= 0.6 is 11.6 Å². The largest absolute Gasteiger partial charge is 0.478 e. The van der Waals surface area contributed by atoms with Crippen molar-refractivity contribution in [1.82, 2.24) is 10.1 Å². The van der Waals surface area contributed by atoms with E-state index in [1.807, 2.05) is 25.1 Å². The molecule has 186 valence electrons. The fourth-order valence-corrected chi connectivity index (χ4v) is 4.81. The number of aromatic carboxylic acids is 1. The number of ketones is 1. The van der Waals surface area contributed by atoms with Crippen LogP contribution in [0.3, 0.4) is 0 Å². The zero-order valence-corrected chi connectivity index (χ0v) is 20.5. The summed E-state index contributed by atoms with van der Waals surface area (Å²) in [5, 5.41) is 14.2. The van der Waals surface area contributed by atoms with Crippen LogP contribution in [0.5, 0.6) is 17.4 Å². The average molecular weight is 517 g/mol. The van der Waals surface area contributed by atoms with E-state index in [1.54, 1.807) is 18.2 Å². The normalized spacial score (nSPS) is 14.4. The fourth-order valence-electron chi connectivity index (χ4n) is 4.50. The minimum Gasteiger partial charge on any atom is -0.478 e. The maximum atomic E-state index is 13.0. The molecule has 0 unspecified atom stereocenters. The molecule has 1 aliphatic carbocycles. The quantitative estimate of drug-likeness (QED) is 0.314. The molecule has 2 aromatic carbocycles. The van der Waals surface area contributed by atoms with Crippen molar-refractivity contribution in [1.29, 1.82) is 0 Å². The number of halogens is 1. The zero-order chi connectivity index (χ0) is 25.7. The van der Waals surface area contributed by atoms with Crippen molar-refractivity contribution < 1.29 is 28.7 Å². The summed E-state index contributed by atoms with van der Waals surface area (Å²) < 4.78 is 17.7. The van der Waals surface area contributed by atoms with Gasteiger partial charge in [0.15, 0.2) is 17.2 Å². The molecule has 1 N–H and O–H groups in total. The van der Waals surface area contributed by atoms with Crippen LogP contribution in [0.1, 0.15) is 62.1 Å². The van der Waals surface area contributed by atoms with Gasteiger partial charge in [-0.25, -0.2) is 9.78 Å². The lowest BCUT2D eigenvalue weighted by atomic mass is 10.0. The first-order valence-electron chi connectivity index (χ1n) is 11.8. The van der Waals surface area contributed by atoms with Gasteiger partial charge in [-0.05, 0) is 49.6 Å². The molecular formula is C28H21ClN2O6. The van der Waals surface area contributed by atoms with E-state index in [4.69, 9.17) is 25.6 Å². The van der Waals surface area contributed by atoms with E-state index in [-0.39, 0.29) is 41.7 Å². The second-order valence-corrected chi connectivity index (χ2v) is 9.60. The smallest absolute Gasteiger partial charge is 0.335 e. The number of carbonyl (C=O) groups excluding carboxylic acids is 1. The van der Waals surface area contributed by atoms with Gasteiger partial charge in [0.05, 0.1) is 16.1 Å². The summed E-state index contributed by atoms with van der Waals surface area (Å²) in [5.41, 5.74) is 4.02. The number of aryl methyl sites for hydroxylation is 1. The highest BCUT2D eigenvalue weighted by atomic mass is 35.5. The lowest BCUT2D eigenvalue weighted by Crippen LogP contribution is -2.07. The SMILES string of the molecule is Cc1cccc(Cl)c1-c1noc(C2CC2)c1COc1ccc2c(n1)C(=O)Cc1ccc(C(=O)O)cc1O2. The number of fused-ring (bicyclic) bond motifs is 2. The monoisotopic (exact) mass is 516 g/mol. The van der Waals surface area contributed by atoms with Gasteiger partial charge in [0.1, 0.15) is 23.8 Å². The highest BCUT2D eigenvalue weighted by Gasteiger charge is 2.34. The maximum Gasteiger partial charge on any atom is 0.335 e. The number of aromatic nitrogens is 2. The molecule has 8 nitrogen and oxygen atoms in total. The van der Waals surface area contributed by atoms with Crippen LogP contribution in [-0.4, -0.2) is 27.0 Å². The first-order valence-corrected chi connectivity index (χ1v) is 12.2. The van der Waals surface area contributed by atoms with E-state index < -0.39 is 5.97 Å². The van der Waals surface area contributed by atoms with Crippen LogP contribution in [0, 0.1) is 6.92 Å². The van der Waals surface area contributed by atoms with Gasteiger partial charge in [0.25, 0.3) is 0 Å². The van der Waals surface area contributed by atoms with Gasteiger partial charge in [-0.2, -0.15) is 0 Å². The van der Waals surface area contributed by atoms with Gasteiger partial charge in [0.2, 0.25) is 5.88 Å². The number of carbonyl (C=O) groups is 2. The number of Topliss-reactive ketones (excluding diaryl/α,β-unsaturated/α-hetero) is 1. The number of nitrogens with zero attached hydrogens (tertiary/aromatic N) is 2. The van der Waals surface area contributed by atoms with E-state index in [9.17, 15) is 14.7 Å². The molecule has 0 radical (unpaired) electrons. The van der Waals surface area contributed by atoms with Crippen molar-refractivity contribution in [3.8, 4) is 28.6 Å². The Labute approximate surface area is 216 Å². The number of hydrogen-bond donors (Lipinski definition) is 1. The van der Waals surface area contributed by atoms with Gasteiger partial charge in [-0.3, -0.25) is 4.79 Å². The molecule has 1 aliphatic heterocycles. The van der Waals surface area contributed by atoms with Crippen LogP contribution in [0.4, 0.5) is 0 Å². The molecule has 0 atom stereocenters. The average Bonchev–Trinajstić information content (AvgIpc) is 3.65. The van der Waals surface area contributed by atoms with Gasteiger partial charge in [-0.15, -0.1) is 0 Å². The molecule has 2 aromatic heterocycles. The Kier molecular flexibility index (Phi) is 5.68. The maximum absolute atomic E-state index is 13.0. The molecule has 37 heavy (non-hydrogen) atoms. The molecule has 6 rings (SSSR count). The lowest BCUT2D eigenvalue weighted by Gasteiger charge is -2.11. The van der Waals surface area contributed by atoms with Gasteiger partial charge < -0.3 is 19.1 Å². The summed E-state index contributed by atoms with van der Waals surface area (Å²) in [6.45, 7) is 2.10. The van der Waals surface area contributed by atoms with Crippen molar-refractivity contribution in [3.05, 3.63) is 87.3 Å². The predicted molar refractivity (Wildman–Crippen MR) is 134 cm³/mol. The number of ether oxygens (including phenoxy) is 2. The predicted octanol–water partition coefficient (Wildman–Crippen LogP) is 6.38. The second kappa shape index (κ2) is 9.05. The van der Waals surface area contributed by atoms with Gasteiger partial charge in [0, 0.05) is 29.5 Å². The topological polar surface area (TPSA) is 112 Å². The van der Waals surface area contributed by atoms with Crippen molar-refractivity contribution >= 4 is 23.4 Å². The third kappa shape index (κ3) is 4.34. The van der Waals surface area contributed by atoms with Crippen LogP contribution in [0.2, 0.25) is 5.02 Å². The Hall–Kier alpha value is -4.17. The molecule has 1 fully saturated rings. The highest BCUT2D eigenvalue weighted by molar-refractivity contribution is 6.33.